The molecular formula is C19H17NO3. The number of esters is 1. The van der Waals surface area contributed by atoms with Crippen molar-refractivity contribution in [2.24, 2.45) is 0 Å². The van der Waals surface area contributed by atoms with E-state index in [0.717, 1.165) is 12.0 Å². The number of hydrogen-bond donors (Lipinski definition) is 0. The van der Waals surface area contributed by atoms with Crippen LogP contribution < -0.4 is 0 Å². The molecule has 2 aliphatic rings. The molecule has 2 heterocycles. The van der Waals surface area contributed by atoms with Gasteiger partial charge in [-0.25, -0.2) is 4.79 Å². The Morgan fingerprint density at radius 2 is 1.70 bits per heavy atom. The van der Waals surface area contributed by atoms with E-state index in [1.807, 2.05) is 30.3 Å². The zero-order valence-corrected chi connectivity index (χ0v) is 12.7. The maximum atomic E-state index is 12.8. The lowest BCUT2D eigenvalue weighted by Gasteiger charge is -2.33. The van der Waals surface area contributed by atoms with E-state index in [4.69, 9.17) is 4.74 Å². The van der Waals surface area contributed by atoms with Crippen LogP contribution >= 0.6 is 0 Å². The summed E-state index contributed by atoms with van der Waals surface area (Å²) in [6.07, 6.45) is 0.598. The van der Waals surface area contributed by atoms with Gasteiger partial charge in [0.2, 0.25) is 0 Å². The van der Waals surface area contributed by atoms with Gasteiger partial charge in [-0.2, -0.15) is 0 Å². The second-order valence-corrected chi connectivity index (χ2v) is 6.03. The number of fused-ring (bicyclic) bond motifs is 2. The Morgan fingerprint density at radius 1 is 1.00 bits per heavy atom. The van der Waals surface area contributed by atoms with E-state index >= 15 is 0 Å². The lowest BCUT2D eigenvalue weighted by molar-refractivity contribution is -0.142. The zero-order valence-electron chi connectivity index (χ0n) is 12.7. The molecule has 0 aromatic heterocycles. The van der Waals surface area contributed by atoms with Crippen LogP contribution in [0.1, 0.15) is 27.0 Å². The van der Waals surface area contributed by atoms with Crippen molar-refractivity contribution in [3.8, 4) is 0 Å². The van der Waals surface area contributed by atoms with Gasteiger partial charge in [0.05, 0.1) is 5.56 Å². The third kappa shape index (κ3) is 2.50. The van der Waals surface area contributed by atoms with Crippen LogP contribution in [-0.2, 0) is 28.9 Å². The lowest BCUT2D eigenvalue weighted by atomic mass is 9.96. The summed E-state index contributed by atoms with van der Waals surface area (Å²) in [5.41, 5.74) is 3.93. The number of carbonyl (C=O) groups excluding carboxylic acids is 2. The molecule has 0 saturated heterocycles. The van der Waals surface area contributed by atoms with Gasteiger partial charge in [-0.3, -0.25) is 4.79 Å². The van der Waals surface area contributed by atoms with E-state index in [2.05, 4.69) is 12.1 Å². The van der Waals surface area contributed by atoms with Crippen LogP contribution in [0.3, 0.4) is 0 Å². The van der Waals surface area contributed by atoms with Gasteiger partial charge in [-0.15, -0.1) is 0 Å². The molecule has 2 aliphatic heterocycles. The number of ether oxygens (including phenoxy) is 1. The molecule has 0 aliphatic carbocycles. The van der Waals surface area contributed by atoms with E-state index in [1.54, 1.807) is 11.0 Å². The van der Waals surface area contributed by atoms with E-state index in [-0.39, 0.29) is 5.91 Å². The molecule has 0 N–H and O–H groups in total. The van der Waals surface area contributed by atoms with Gasteiger partial charge < -0.3 is 9.64 Å². The van der Waals surface area contributed by atoms with Gasteiger partial charge in [0, 0.05) is 19.5 Å². The summed E-state index contributed by atoms with van der Waals surface area (Å²) in [7, 11) is 0. The zero-order chi connectivity index (χ0) is 15.8. The highest BCUT2D eigenvalue weighted by molar-refractivity contribution is 5.95. The Balaban J connectivity index is 1.54. The van der Waals surface area contributed by atoms with Crippen molar-refractivity contribution < 1.29 is 14.3 Å². The van der Waals surface area contributed by atoms with E-state index in [1.165, 1.54) is 11.1 Å². The predicted octanol–water partition coefficient (Wildman–Crippen LogP) is 2.35. The minimum atomic E-state index is -0.706. The molecule has 2 aromatic rings. The van der Waals surface area contributed by atoms with Crippen LogP contribution in [0.2, 0.25) is 0 Å². The summed E-state index contributed by atoms with van der Waals surface area (Å²) in [6.45, 7) is 1.26. The Labute approximate surface area is 134 Å². The number of benzene rings is 2. The number of cyclic esters (lactones) is 1. The van der Waals surface area contributed by atoms with Gasteiger partial charge in [0.25, 0.3) is 5.91 Å². The molecule has 1 atom stereocenters. The second-order valence-electron chi connectivity index (χ2n) is 6.03. The number of rotatable bonds is 1. The fourth-order valence-electron chi connectivity index (χ4n) is 3.36. The van der Waals surface area contributed by atoms with Crippen molar-refractivity contribution in [3.63, 3.8) is 0 Å². The standard InChI is InChI=1S/C19H17NO3/c21-18(20-10-9-13-5-1-2-7-15(13)12-20)17-11-14-6-3-4-8-16(14)19(22)23-17/h1-8,17H,9-12H2/t17-/m0/s1. The molecule has 116 valence electrons. The normalized spacial score (nSPS) is 19.6. The van der Waals surface area contributed by atoms with Crippen molar-refractivity contribution in [1.29, 1.82) is 0 Å². The third-order valence-corrected chi connectivity index (χ3v) is 4.61. The van der Waals surface area contributed by atoms with Gasteiger partial charge in [0.1, 0.15) is 0 Å². The quantitative estimate of drug-likeness (QED) is 0.760. The Morgan fingerprint density at radius 3 is 2.52 bits per heavy atom. The maximum absolute atomic E-state index is 12.8. The fourth-order valence-corrected chi connectivity index (χ4v) is 3.36. The number of carbonyl (C=O) groups is 2. The average molecular weight is 307 g/mol. The number of hydrogen-bond acceptors (Lipinski definition) is 3. The molecule has 0 spiro atoms. The predicted molar refractivity (Wildman–Crippen MR) is 84.9 cm³/mol. The van der Waals surface area contributed by atoms with Crippen molar-refractivity contribution in [1.82, 2.24) is 4.90 Å². The monoisotopic (exact) mass is 307 g/mol. The van der Waals surface area contributed by atoms with Crippen molar-refractivity contribution in [2.75, 3.05) is 6.54 Å². The first-order valence-electron chi connectivity index (χ1n) is 7.87. The maximum Gasteiger partial charge on any atom is 0.339 e. The number of amides is 1. The summed E-state index contributed by atoms with van der Waals surface area (Å²) in [5.74, 6) is -0.495. The summed E-state index contributed by atoms with van der Waals surface area (Å²) in [5, 5.41) is 0. The fraction of sp³-hybridized carbons (Fsp3) is 0.263. The molecule has 4 heteroatoms. The minimum absolute atomic E-state index is 0.0950. The smallest absolute Gasteiger partial charge is 0.339 e. The molecule has 0 fully saturated rings. The largest absolute Gasteiger partial charge is 0.448 e. The van der Waals surface area contributed by atoms with Crippen LogP contribution in [0.25, 0.3) is 0 Å². The van der Waals surface area contributed by atoms with Gasteiger partial charge in [-0.05, 0) is 29.2 Å². The summed E-state index contributed by atoms with van der Waals surface area (Å²) < 4.78 is 5.39. The molecule has 0 saturated carbocycles. The average Bonchev–Trinajstić information content (AvgIpc) is 2.60. The SMILES string of the molecule is O=C1O[C@H](C(=O)N2CCc3ccccc3C2)Cc2ccccc21. The molecule has 2 aromatic carbocycles. The summed E-state index contributed by atoms with van der Waals surface area (Å²) in [6, 6.07) is 15.5. The van der Waals surface area contributed by atoms with Crippen LogP contribution in [-0.4, -0.2) is 29.4 Å². The Hall–Kier alpha value is -2.62. The minimum Gasteiger partial charge on any atom is -0.448 e. The van der Waals surface area contributed by atoms with Crippen LogP contribution in [0.5, 0.6) is 0 Å². The summed E-state index contributed by atoms with van der Waals surface area (Å²) in [4.78, 5) is 26.7. The topological polar surface area (TPSA) is 46.6 Å². The first-order chi connectivity index (χ1) is 11.2. The van der Waals surface area contributed by atoms with E-state index < -0.39 is 12.1 Å². The molecule has 1 amide bonds. The van der Waals surface area contributed by atoms with Crippen molar-refractivity contribution >= 4 is 11.9 Å². The van der Waals surface area contributed by atoms with Crippen molar-refractivity contribution in [2.45, 2.75) is 25.5 Å². The highest BCUT2D eigenvalue weighted by Crippen LogP contribution is 2.24. The van der Waals surface area contributed by atoms with Crippen LogP contribution in [0.4, 0.5) is 0 Å². The summed E-state index contributed by atoms with van der Waals surface area (Å²) >= 11 is 0. The van der Waals surface area contributed by atoms with Gasteiger partial charge in [0.15, 0.2) is 6.10 Å². The highest BCUT2D eigenvalue weighted by Gasteiger charge is 2.34. The van der Waals surface area contributed by atoms with Crippen molar-refractivity contribution in [3.05, 3.63) is 70.8 Å². The molecule has 4 rings (SSSR count). The molecule has 0 unspecified atom stereocenters. The molecule has 4 nitrogen and oxygen atoms in total. The Bertz CT molecular complexity index is 784. The molecule has 0 bridgehead atoms. The molecule has 23 heavy (non-hydrogen) atoms. The van der Waals surface area contributed by atoms with E-state index in [9.17, 15) is 9.59 Å². The first kappa shape index (κ1) is 14.0. The van der Waals surface area contributed by atoms with Gasteiger partial charge >= 0.3 is 5.97 Å². The van der Waals surface area contributed by atoms with E-state index in [0.29, 0.717) is 25.1 Å². The molecular weight excluding hydrogens is 290 g/mol. The Kier molecular flexibility index (Phi) is 3.37. The van der Waals surface area contributed by atoms with Crippen LogP contribution in [0, 0.1) is 0 Å². The van der Waals surface area contributed by atoms with Crippen LogP contribution in [0.15, 0.2) is 48.5 Å². The first-order valence-corrected chi connectivity index (χ1v) is 7.87. The molecule has 0 radical (unpaired) electrons. The highest BCUT2D eigenvalue weighted by atomic mass is 16.5. The second kappa shape index (κ2) is 5.54. The third-order valence-electron chi connectivity index (χ3n) is 4.61. The van der Waals surface area contributed by atoms with Gasteiger partial charge in [-0.1, -0.05) is 42.5 Å². The number of nitrogens with zero attached hydrogens (tertiary/aromatic N) is 1. The lowest BCUT2D eigenvalue weighted by Crippen LogP contribution is -2.46.